The van der Waals surface area contributed by atoms with Crippen LogP contribution in [0.1, 0.15) is 65.3 Å². The van der Waals surface area contributed by atoms with Crippen LogP contribution in [0.15, 0.2) is 42.6 Å². The molecule has 2 aromatic rings. The molecule has 0 saturated carbocycles. The van der Waals surface area contributed by atoms with Gasteiger partial charge in [-0.05, 0) is 49.9 Å². The first-order valence-electron chi connectivity index (χ1n) is 10.9. The molecule has 5 nitrogen and oxygen atoms in total. The van der Waals surface area contributed by atoms with Crippen molar-refractivity contribution in [3.8, 4) is 0 Å². The van der Waals surface area contributed by atoms with Crippen molar-refractivity contribution in [3.63, 3.8) is 0 Å². The van der Waals surface area contributed by atoms with Crippen LogP contribution in [0.5, 0.6) is 0 Å². The van der Waals surface area contributed by atoms with Crippen LogP contribution in [0.25, 0.3) is 0 Å². The van der Waals surface area contributed by atoms with E-state index < -0.39 is 5.54 Å². The average Bonchev–Trinajstić information content (AvgIpc) is 3.12. The zero-order valence-electron chi connectivity index (χ0n) is 19.5. The summed E-state index contributed by atoms with van der Waals surface area (Å²) in [5.74, 6) is -0.0578. The van der Waals surface area contributed by atoms with Gasteiger partial charge in [-0.25, -0.2) is 0 Å². The van der Waals surface area contributed by atoms with Crippen molar-refractivity contribution >= 4 is 23.4 Å². The molecule has 0 bridgehead atoms. The Bertz CT molecular complexity index is 952. The summed E-state index contributed by atoms with van der Waals surface area (Å²) in [6.45, 7) is 13.4. The Hall–Kier alpha value is -2.27. The number of halogens is 1. The summed E-state index contributed by atoms with van der Waals surface area (Å²) in [6.07, 6.45) is 2.43. The van der Waals surface area contributed by atoms with Crippen LogP contribution in [0.2, 0.25) is 5.02 Å². The second-order valence-electron chi connectivity index (χ2n) is 10.5. The van der Waals surface area contributed by atoms with Crippen molar-refractivity contribution in [3.05, 3.63) is 58.9 Å². The molecule has 6 heteroatoms. The van der Waals surface area contributed by atoms with Crippen LogP contribution >= 0.6 is 11.6 Å². The number of fused-ring (bicyclic) bond motifs is 1. The molecule has 0 fully saturated rings. The van der Waals surface area contributed by atoms with Crippen molar-refractivity contribution < 1.29 is 9.59 Å². The Balaban J connectivity index is 1.93. The fourth-order valence-corrected chi connectivity index (χ4v) is 4.39. The highest BCUT2D eigenvalue weighted by Gasteiger charge is 2.37. The van der Waals surface area contributed by atoms with Gasteiger partial charge in [0.15, 0.2) is 0 Å². The molecule has 2 amide bonds. The molecule has 31 heavy (non-hydrogen) atoms. The summed E-state index contributed by atoms with van der Waals surface area (Å²) in [4.78, 5) is 30.3. The van der Waals surface area contributed by atoms with Gasteiger partial charge >= 0.3 is 0 Å². The van der Waals surface area contributed by atoms with Crippen LogP contribution < -0.4 is 0 Å². The monoisotopic (exact) mass is 443 g/mol. The molecule has 1 atom stereocenters. The lowest BCUT2D eigenvalue weighted by Gasteiger charge is -2.41. The second-order valence-corrected chi connectivity index (χ2v) is 10.9. The number of hydrogen-bond donors (Lipinski definition) is 0. The molecule has 1 aromatic carbocycles. The fraction of sp³-hybridized carbons (Fsp3) is 0.520. The average molecular weight is 444 g/mol. The Morgan fingerprint density at radius 3 is 2.32 bits per heavy atom. The minimum atomic E-state index is -0.451. The molecule has 1 aromatic heterocycles. The second kappa shape index (κ2) is 8.70. The van der Waals surface area contributed by atoms with E-state index in [4.69, 9.17) is 11.6 Å². The van der Waals surface area contributed by atoms with Crippen molar-refractivity contribution in [2.45, 2.75) is 66.1 Å². The van der Waals surface area contributed by atoms with Gasteiger partial charge in [-0.3, -0.25) is 9.59 Å². The standard InChI is InChI=1S/C25H34ClN3O2/c1-24(2,3)16-21(30)29(25(4,5)6)17-22(31)28-15-14-27-13-9-12-20(27)23(28)18-10-7-8-11-19(18)26/h7-13,23H,14-17H2,1-6H3/t23-/m0/s1. The van der Waals surface area contributed by atoms with Gasteiger partial charge in [0, 0.05) is 42.0 Å². The minimum Gasteiger partial charge on any atom is -0.348 e. The lowest BCUT2D eigenvalue weighted by molar-refractivity contribution is -0.147. The van der Waals surface area contributed by atoms with Crippen LogP contribution in [0.4, 0.5) is 0 Å². The van der Waals surface area contributed by atoms with E-state index in [1.807, 2.05) is 89.0 Å². The normalized spacial score (nSPS) is 16.7. The van der Waals surface area contributed by atoms with Gasteiger partial charge in [-0.1, -0.05) is 50.6 Å². The maximum Gasteiger partial charge on any atom is 0.243 e. The SMILES string of the molecule is CC(C)(C)CC(=O)N(CC(=O)N1CCn2cccc2[C@@H]1c1ccccc1Cl)C(C)(C)C. The Kier molecular flexibility index (Phi) is 6.56. The van der Waals surface area contributed by atoms with Gasteiger partial charge in [-0.2, -0.15) is 0 Å². The lowest BCUT2D eigenvalue weighted by atomic mass is 9.90. The number of rotatable bonds is 4. The fourth-order valence-electron chi connectivity index (χ4n) is 4.15. The van der Waals surface area contributed by atoms with Crippen molar-refractivity contribution in [1.82, 2.24) is 14.4 Å². The first-order valence-corrected chi connectivity index (χ1v) is 11.3. The predicted molar refractivity (Wildman–Crippen MR) is 125 cm³/mol. The van der Waals surface area contributed by atoms with Crippen molar-refractivity contribution in [2.75, 3.05) is 13.1 Å². The number of nitrogens with zero attached hydrogens (tertiary/aromatic N) is 3. The molecule has 0 aliphatic carbocycles. The van der Waals surface area contributed by atoms with Crippen LogP contribution in [0.3, 0.4) is 0 Å². The molecule has 1 aliphatic rings. The van der Waals surface area contributed by atoms with E-state index >= 15 is 0 Å². The third-order valence-electron chi connectivity index (χ3n) is 5.64. The van der Waals surface area contributed by atoms with E-state index in [1.165, 1.54) is 0 Å². The molecule has 0 saturated heterocycles. The molecule has 0 N–H and O–H groups in total. The summed E-state index contributed by atoms with van der Waals surface area (Å²) in [7, 11) is 0. The highest BCUT2D eigenvalue weighted by molar-refractivity contribution is 6.31. The number of hydrogen-bond acceptors (Lipinski definition) is 2. The first-order chi connectivity index (χ1) is 14.4. The number of carbonyl (C=O) groups excluding carboxylic acids is 2. The largest absolute Gasteiger partial charge is 0.348 e. The maximum absolute atomic E-state index is 13.6. The van der Waals surface area contributed by atoms with E-state index in [-0.39, 0.29) is 29.8 Å². The third-order valence-corrected chi connectivity index (χ3v) is 5.99. The third kappa shape index (κ3) is 5.32. The van der Waals surface area contributed by atoms with E-state index in [0.29, 0.717) is 18.0 Å². The highest BCUT2D eigenvalue weighted by Crippen LogP contribution is 2.36. The van der Waals surface area contributed by atoms with E-state index in [2.05, 4.69) is 4.57 Å². The maximum atomic E-state index is 13.6. The molecule has 3 rings (SSSR count). The predicted octanol–water partition coefficient (Wildman–Crippen LogP) is 5.14. The summed E-state index contributed by atoms with van der Waals surface area (Å²) in [5.41, 5.74) is 1.35. The Morgan fingerprint density at radius 2 is 1.71 bits per heavy atom. The van der Waals surface area contributed by atoms with Gasteiger partial charge in [-0.15, -0.1) is 0 Å². The van der Waals surface area contributed by atoms with Crippen LogP contribution in [0, 0.1) is 5.41 Å². The van der Waals surface area contributed by atoms with Gasteiger partial charge in [0.25, 0.3) is 0 Å². The smallest absolute Gasteiger partial charge is 0.243 e. The van der Waals surface area contributed by atoms with Crippen molar-refractivity contribution in [2.24, 2.45) is 5.41 Å². The molecule has 0 radical (unpaired) electrons. The molecule has 0 spiro atoms. The summed E-state index contributed by atoms with van der Waals surface area (Å²) in [6, 6.07) is 11.4. The Morgan fingerprint density at radius 1 is 1.03 bits per heavy atom. The highest BCUT2D eigenvalue weighted by atomic mass is 35.5. The summed E-state index contributed by atoms with van der Waals surface area (Å²) in [5, 5.41) is 0.636. The quantitative estimate of drug-likeness (QED) is 0.657. The number of amides is 2. The molecule has 2 heterocycles. The van der Waals surface area contributed by atoms with Gasteiger partial charge in [0.05, 0.1) is 6.04 Å². The molecule has 1 aliphatic heterocycles. The zero-order chi connectivity index (χ0) is 23.0. The topological polar surface area (TPSA) is 45.6 Å². The molecular formula is C25H34ClN3O2. The van der Waals surface area contributed by atoms with Gasteiger partial charge in [0.1, 0.15) is 6.54 Å². The molecular weight excluding hydrogens is 410 g/mol. The summed E-state index contributed by atoms with van der Waals surface area (Å²) >= 11 is 6.55. The van der Waals surface area contributed by atoms with Crippen LogP contribution in [-0.2, 0) is 16.1 Å². The first kappa shape index (κ1) is 23.4. The van der Waals surface area contributed by atoms with Crippen LogP contribution in [-0.4, -0.2) is 44.8 Å². The van der Waals surface area contributed by atoms with E-state index in [0.717, 1.165) is 17.8 Å². The number of carbonyl (C=O) groups is 2. The van der Waals surface area contributed by atoms with Gasteiger partial charge < -0.3 is 14.4 Å². The van der Waals surface area contributed by atoms with Gasteiger partial charge in [0.2, 0.25) is 11.8 Å². The van der Waals surface area contributed by atoms with Crippen molar-refractivity contribution in [1.29, 1.82) is 0 Å². The Labute approximate surface area is 191 Å². The molecule has 0 unspecified atom stereocenters. The zero-order valence-corrected chi connectivity index (χ0v) is 20.2. The number of aromatic nitrogens is 1. The number of benzene rings is 1. The lowest BCUT2D eigenvalue weighted by Crippen LogP contribution is -2.53. The summed E-state index contributed by atoms with van der Waals surface area (Å²) < 4.78 is 2.17. The van der Waals surface area contributed by atoms with E-state index in [1.54, 1.807) is 4.90 Å². The minimum absolute atomic E-state index is 0.00280. The molecule has 168 valence electrons. The van der Waals surface area contributed by atoms with E-state index in [9.17, 15) is 9.59 Å².